The van der Waals surface area contributed by atoms with Crippen LogP contribution in [0.25, 0.3) is 0 Å². The highest BCUT2D eigenvalue weighted by Gasteiger charge is 2.54. The molecule has 0 aliphatic heterocycles. The fourth-order valence-electron chi connectivity index (χ4n) is 6.47. The van der Waals surface area contributed by atoms with Crippen molar-refractivity contribution in [3.8, 4) is 5.75 Å². The SMILES string of the molecule is CC12CCC3c4ccc(O)cc4CCC3C1CCC2O.CNC1(C)CC1C.[HH]. The molecule has 0 heterocycles. The van der Waals surface area contributed by atoms with Crippen LogP contribution in [0.4, 0.5) is 0 Å². The third kappa shape index (κ3) is 3.21. The van der Waals surface area contributed by atoms with E-state index in [1.807, 2.05) is 19.2 Å². The van der Waals surface area contributed by atoms with E-state index < -0.39 is 0 Å². The van der Waals surface area contributed by atoms with Gasteiger partial charge in [0, 0.05) is 6.97 Å². The van der Waals surface area contributed by atoms with Crippen molar-refractivity contribution in [2.75, 3.05) is 7.05 Å². The maximum absolute atomic E-state index is 10.4. The van der Waals surface area contributed by atoms with Crippen LogP contribution in [-0.2, 0) is 6.42 Å². The van der Waals surface area contributed by atoms with Gasteiger partial charge < -0.3 is 15.5 Å². The first kappa shape index (κ1) is 19.3. The summed E-state index contributed by atoms with van der Waals surface area (Å²) < 4.78 is 0. The molecule has 0 spiro atoms. The molecule has 1 aromatic rings. The zero-order valence-corrected chi connectivity index (χ0v) is 17.5. The molecule has 0 amide bonds. The van der Waals surface area contributed by atoms with Crippen LogP contribution in [0.1, 0.15) is 77.8 Å². The summed E-state index contributed by atoms with van der Waals surface area (Å²) >= 11 is 0. The molecule has 3 saturated carbocycles. The first-order valence-corrected chi connectivity index (χ1v) is 11.0. The lowest BCUT2D eigenvalue weighted by Gasteiger charge is -2.50. The molecule has 7 atom stereocenters. The molecule has 3 heteroatoms. The van der Waals surface area contributed by atoms with E-state index in [-0.39, 0.29) is 12.9 Å². The lowest BCUT2D eigenvalue weighted by molar-refractivity contribution is -0.0226. The predicted molar refractivity (Wildman–Crippen MR) is 112 cm³/mol. The number of phenols is 1. The van der Waals surface area contributed by atoms with Crippen molar-refractivity contribution < 1.29 is 11.6 Å². The molecule has 3 N–H and O–H groups in total. The molecule has 0 saturated heterocycles. The monoisotopic (exact) mass is 373 g/mol. The van der Waals surface area contributed by atoms with Crippen LogP contribution in [0.2, 0.25) is 0 Å². The molecule has 3 fully saturated rings. The summed E-state index contributed by atoms with van der Waals surface area (Å²) in [5, 5.41) is 23.3. The minimum absolute atomic E-state index is 0. The first-order chi connectivity index (χ1) is 12.8. The van der Waals surface area contributed by atoms with E-state index in [0.29, 0.717) is 23.1 Å². The molecule has 27 heavy (non-hydrogen) atoms. The Kier molecular flexibility index (Phi) is 4.83. The van der Waals surface area contributed by atoms with E-state index in [2.05, 4.69) is 32.2 Å². The summed E-state index contributed by atoms with van der Waals surface area (Å²) in [5.41, 5.74) is 3.49. The second kappa shape index (κ2) is 6.77. The Balaban J connectivity index is 0.000000241. The molecule has 0 aromatic heterocycles. The van der Waals surface area contributed by atoms with Crippen LogP contribution >= 0.6 is 0 Å². The molecule has 152 valence electrons. The number of phenolic OH excluding ortho intramolecular Hbond substituents is 1. The van der Waals surface area contributed by atoms with E-state index in [0.717, 1.165) is 31.1 Å². The van der Waals surface area contributed by atoms with E-state index in [4.69, 9.17) is 0 Å². The fourth-order valence-corrected chi connectivity index (χ4v) is 6.47. The minimum Gasteiger partial charge on any atom is -0.508 e. The maximum atomic E-state index is 10.4. The quantitative estimate of drug-likeness (QED) is 0.659. The number of aryl methyl sites for hydroxylation is 1. The van der Waals surface area contributed by atoms with Gasteiger partial charge in [0.05, 0.1) is 6.10 Å². The zero-order chi connectivity index (χ0) is 19.4. The number of aliphatic hydroxyl groups is 1. The molecule has 5 rings (SSSR count). The second-order valence-corrected chi connectivity index (χ2v) is 10.2. The van der Waals surface area contributed by atoms with Gasteiger partial charge in [0.25, 0.3) is 0 Å². The summed E-state index contributed by atoms with van der Waals surface area (Å²) in [4.78, 5) is 0. The van der Waals surface area contributed by atoms with Crippen LogP contribution in [0.3, 0.4) is 0 Å². The van der Waals surface area contributed by atoms with Crippen molar-refractivity contribution in [1.82, 2.24) is 5.32 Å². The van der Waals surface area contributed by atoms with Crippen molar-refractivity contribution in [2.24, 2.45) is 23.2 Å². The predicted octanol–water partition coefficient (Wildman–Crippen LogP) is 4.86. The van der Waals surface area contributed by atoms with Crippen LogP contribution < -0.4 is 5.32 Å². The Morgan fingerprint density at radius 1 is 1.15 bits per heavy atom. The van der Waals surface area contributed by atoms with Gasteiger partial charge in [-0.05, 0) is 111 Å². The highest BCUT2D eigenvalue weighted by Crippen LogP contribution is 2.60. The van der Waals surface area contributed by atoms with Gasteiger partial charge in [0.1, 0.15) is 5.75 Å². The van der Waals surface area contributed by atoms with E-state index in [1.54, 1.807) is 0 Å². The van der Waals surface area contributed by atoms with Crippen LogP contribution in [0.5, 0.6) is 5.75 Å². The van der Waals surface area contributed by atoms with Crippen molar-refractivity contribution >= 4 is 0 Å². The van der Waals surface area contributed by atoms with Crippen molar-refractivity contribution in [1.29, 1.82) is 0 Å². The number of aromatic hydroxyl groups is 1. The molecular formula is C24H39NO2. The van der Waals surface area contributed by atoms with Crippen molar-refractivity contribution in [3.63, 3.8) is 0 Å². The van der Waals surface area contributed by atoms with Crippen molar-refractivity contribution in [2.45, 2.75) is 83.3 Å². The van der Waals surface area contributed by atoms with Gasteiger partial charge in [0.2, 0.25) is 0 Å². The fraction of sp³-hybridized carbons (Fsp3) is 0.750. The van der Waals surface area contributed by atoms with E-state index in [1.165, 1.54) is 36.8 Å². The summed E-state index contributed by atoms with van der Waals surface area (Å²) in [6.07, 6.45) is 8.13. The van der Waals surface area contributed by atoms with Crippen molar-refractivity contribution in [3.05, 3.63) is 29.3 Å². The molecular weight excluding hydrogens is 334 g/mol. The zero-order valence-electron chi connectivity index (χ0n) is 17.5. The molecule has 7 unspecified atom stereocenters. The average molecular weight is 374 g/mol. The topological polar surface area (TPSA) is 52.5 Å². The van der Waals surface area contributed by atoms with Crippen LogP contribution in [0, 0.1) is 23.2 Å². The van der Waals surface area contributed by atoms with Gasteiger partial charge in [-0.15, -0.1) is 0 Å². The second-order valence-electron chi connectivity index (χ2n) is 10.2. The Labute approximate surface area is 166 Å². The lowest BCUT2D eigenvalue weighted by atomic mass is 9.55. The van der Waals surface area contributed by atoms with Gasteiger partial charge in [-0.25, -0.2) is 0 Å². The van der Waals surface area contributed by atoms with Gasteiger partial charge in [-0.1, -0.05) is 19.9 Å². The number of fused-ring (bicyclic) bond motifs is 5. The number of hydrogen-bond donors (Lipinski definition) is 3. The van der Waals surface area contributed by atoms with Gasteiger partial charge in [-0.3, -0.25) is 0 Å². The molecule has 4 aliphatic rings. The Bertz CT molecular complexity index is 706. The summed E-state index contributed by atoms with van der Waals surface area (Å²) in [5.74, 6) is 3.39. The van der Waals surface area contributed by atoms with Gasteiger partial charge in [-0.2, -0.15) is 0 Å². The third-order valence-electron chi connectivity index (χ3n) is 8.89. The number of hydrogen-bond acceptors (Lipinski definition) is 3. The first-order valence-electron chi connectivity index (χ1n) is 11.0. The molecule has 1 aromatic carbocycles. The average Bonchev–Trinajstić information content (AvgIpc) is 3.15. The molecule has 3 nitrogen and oxygen atoms in total. The molecule has 4 aliphatic carbocycles. The summed E-state index contributed by atoms with van der Waals surface area (Å²) in [6, 6.07) is 5.96. The highest BCUT2D eigenvalue weighted by atomic mass is 16.3. The summed E-state index contributed by atoms with van der Waals surface area (Å²) in [7, 11) is 2.03. The van der Waals surface area contributed by atoms with E-state index >= 15 is 0 Å². The Hall–Kier alpha value is -1.06. The maximum Gasteiger partial charge on any atom is 0.115 e. The summed E-state index contributed by atoms with van der Waals surface area (Å²) in [6.45, 7) is 6.85. The lowest BCUT2D eigenvalue weighted by Crippen LogP contribution is -2.43. The smallest absolute Gasteiger partial charge is 0.115 e. The van der Waals surface area contributed by atoms with Gasteiger partial charge in [0.15, 0.2) is 0 Å². The Morgan fingerprint density at radius 2 is 1.89 bits per heavy atom. The normalized spacial score (nSPS) is 44.4. The highest BCUT2D eigenvalue weighted by molar-refractivity contribution is 5.40. The number of nitrogens with one attached hydrogen (secondary N) is 1. The number of aliphatic hydroxyl groups excluding tert-OH is 1. The van der Waals surface area contributed by atoms with Crippen LogP contribution in [0.15, 0.2) is 18.2 Å². The van der Waals surface area contributed by atoms with Gasteiger partial charge >= 0.3 is 0 Å². The largest absolute Gasteiger partial charge is 0.508 e. The van der Waals surface area contributed by atoms with E-state index in [9.17, 15) is 10.2 Å². The van der Waals surface area contributed by atoms with Crippen LogP contribution in [-0.4, -0.2) is 28.9 Å². The molecule has 0 radical (unpaired) electrons. The number of rotatable bonds is 1. The molecule has 0 bridgehead atoms. The Morgan fingerprint density at radius 3 is 2.52 bits per heavy atom. The standard InChI is InChI=1S/C18H24O2.C6H13N.H2/c1-18-9-8-14-13-5-3-12(19)10-11(13)2-4-15(14)16(18)6-7-17(18)20;1-5-4-6(5,2)7-3;/h3,5,10,14-17,19-20H,2,4,6-9H2,1H3;5,7H,4H2,1-3H3;1H. The third-order valence-corrected chi connectivity index (χ3v) is 8.89. The minimum atomic E-state index is -0.0883. The number of benzene rings is 1.